The van der Waals surface area contributed by atoms with E-state index in [1.54, 1.807) is 152 Å². The Hall–Kier alpha value is -5.24. The van der Waals surface area contributed by atoms with Crippen LogP contribution in [0, 0.1) is 0 Å². The average Bonchev–Trinajstić information content (AvgIpc) is 3.95. The van der Waals surface area contributed by atoms with Gasteiger partial charge in [0.25, 0.3) is 0 Å². The zero-order valence-electron chi connectivity index (χ0n) is 26.7. The molecule has 1 fully saturated rings. The molecule has 12 aromatic carbocycles. The van der Waals surface area contributed by atoms with Gasteiger partial charge in [-0.15, -0.1) is 0 Å². The molecule has 0 N–H and O–H groups in total. The zero-order chi connectivity index (χ0) is 30.5. The van der Waals surface area contributed by atoms with Gasteiger partial charge in [0.1, 0.15) is 0 Å². The van der Waals surface area contributed by atoms with Gasteiger partial charge >= 0.3 is 0 Å². The average molecular weight is 614 g/mol. The van der Waals surface area contributed by atoms with Crippen LogP contribution < -0.4 is 0 Å². The van der Waals surface area contributed by atoms with Crippen LogP contribution in [0.15, 0.2) is 60.7 Å². The molecular weight excluding hydrogens is 591 g/mol. The first-order valence-electron chi connectivity index (χ1n) is 18.5. The molecule has 1 aliphatic heterocycles. The monoisotopic (exact) mass is 613 g/mol. The van der Waals surface area contributed by atoms with Crippen molar-refractivity contribution in [1.29, 1.82) is 0 Å². The number of hydrogen-bond donors (Lipinski definition) is 0. The minimum absolute atomic E-state index is 0.0174. The van der Waals surface area contributed by atoms with Crippen molar-refractivity contribution < 1.29 is 0 Å². The Morgan fingerprint density at radius 2 is 1.08 bits per heavy atom. The topological polar surface area (TPSA) is 3.24 Å². The predicted molar refractivity (Wildman–Crippen MR) is 203 cm³/mol. The van der Waals surface area contributed by atoms with E-state index in [1.807, 2.05) is 0 Å². The van der Waals surface area contributed by atoms with Gasteiger partial charge in [-0.2, -0.15) is 0 Å². The maximum Gasteiger partial charge on any atom is 0.0426 e. The second kappa shape index (κ2) is 5.76. The standard InChI is InChI=1S/C48H23N/c1-49-15-48-14-23-12-21-10-18-7-17-8-20-9-19-11-22-13-24(45(48)47(49)16-5-3-2-4-6-16)32-37-28(22)27(19)34-29(20)33-25(17)26(18)35-30(21)36-31(23)46(48)44(32)43-41(36)39(35)38(33)40(34)42(37)43/h2-6,8,10-11,13-14,45,47H,7,9,12,15H2,1H3. The first kappa shape index (κ1) is 21.7. The Balaban J connectivity index is 1.26. The number of nitrogens with zero attached hydrogens (tertiary/aromatic N) is 1. The SMILES string of the molecule is CN1CC23C=C4Cc5cc6c7c8c(cc9c%10c8c8c%11c7c5c5c4c2c2c4c(cc7cc(c%12c7c4c(c2c5%11)c8c%12%10)C9)C3C1c1ccccc1)C6. The molecule has 1 saturated heterocycles. The lowest BCUT2D eigenvalue weighted by Gasteiger charge is -2.38. The Labute approximate surface area is 278 Å². The lowest BCUT2D eigenvalue weighted by molar-refractivity contribution is 0.303. The number of benzene rings is 8. The molecule has 1 heteroatoms. The summed E-state index contributed by atoms with van der Waals surface area (Å²) < 4.78 is 0. The number of rotatable bonds is 1. The fourth-order valence-corrected chi connectivity index (χ4v) is 15.2. The second-order valence-electron chi connectivity index (χ2n) is 17.5. The minimum atomic E-state index is -0.0174. The predicted octanol–water partition coefficient (Wildman–Crippen LogP) is 11.1. The molecule has 49 heavy (non-hydrogen) atoms. The van der Waals surface area contributed by atoms with Crippen molar-refractivity contribution in [3.05, 3.63) is 111 Å². The van der Waals surface area contributed by atoms with E-state index in [-0.39, 0.29) is 5.41 Å². The number of hydrogen-bond acceptors (Lipinski definition) is 1. The van der Waals surface area contributed by atoms with Gasteiger partial charge in [-0.3, -0.25) is 4.90 Å². The first-order valence-corrected chi connectivity index (χ1v) is 18.5. The molecule has 12 aromatic rings. The van der Waals surface area contributed by atoms with Gasteiger partial charge in [0.2, 0.25) is 0 Å². The summed E-state index contributed by atoms with van der Waals surface area (Å²) in [5, 5.41) is 32.5. The van der Waals surface area contributed by atoms with Gasteiger partial charge in [-0.05, 0) is 190 Å². The van der Waals surface area contributed by atoms with Crippen LogP contribution in [0.1, 0.15) is 62.0 Å². The maximum absolute atomic E-state index is 2.86. The molecular formula is C48H23N. The Kier molecular flexibility index (Phi) is 2.55. The van der Waals surface area contributed by atoms with Gasteiger partial charge in [0.05, 0.1) is 0 Å². The van der Waals surface area contributed by atoms with Crippen LogP contribution in [-0.4, -0.2) is 18.5 Å². The van der Waals surface area contributed by atoms with Crippen molar-refractivity contribution in [2.45, 2.75) is 36.6 Å². The Bertz CT molecular complexity index is 3730. The van der Waals surface area contributed by atoms with Crippen molar-refractivity contribution in [2.75, 3.05) is 13.6 Å². The van der Waals surface area contributed by atoms with E-state index in [9.17, 15) is 0 Å². The first-order chi connectivity index (χ1) is 24.2. The summed E-state index contributed by atoms with van der Waals surface area (Å²) in [6, 6.07) is 22.6. The summed E-state index contributed by atoms with van der Waals surface area (Å²) in [5.41, 5.74) is 16.1. The van der Waals surface area contributed by atoms with Crippen molar-refractivity contribution >= 4 is 113 Å². The van der Waals surface area contributed by atoms with Crippen molar-refractivity contribution in [3.63, 3.8) is 0 Å². The molecule has 1 spiro atoms. The number of likely N-dealkylation sites (tertiary alicyclic amines) is 1. The molecule has 3 atom stereocenters. The summed E-state index contributed by atoms with van der Waals surface area (Å²) >= 11 is 0. The third kappa shape index (κ3) is 1.63. The van der Waals surface area contributed by atoms with Crippen LogP contribution in [0.5, 0.6) is 0 Å². The van der Waals surface area contributed by atoms with E-state index >= 15 is 0 Å². The summed E-state index contributed by atoms with van der Waals surface area (Å²) in [4.78, 5) is 2.74. The molecule has 5 aliphatic carbocycles. The Morgan fingerprint density at radius 3 is 1.82 bits per heavy atom. The van der Waals surface area contributed by atoms with Crippen LogP contribution in [-0.2, 0) is 24.7 Å². The van der Waals surface area contributed by atoms with Crippen molar-refractivity contribution in [3.8, 4) is 0 Å². The zero-order valence-corrected chi connectivity index (χ0v) is 26.7. The van der Waals surface area contributed by atoms with Gasteiger partial charge in [-0.1, -0.05) is 60.7 Å². The largest absolute Gasteiger partial charge is 0.297 e. The molecule has 1 heterocycles. The van der Waals surface area contributed by atoms with Gasteiger partial charge < -0.3 is 0 Å². The molecule has 0 amide bonds. The highest BCUT2D eigenvalue weighted by molar-refractivity contribution is 6.64. The van der Waals surface area contributed by atoms with Crippen molar-refractivity contribution in [2.24, 2.45) is 0 Å². The molecule has 0 bridgehead atoms. The number of likely N-dealkylation sites (N-methyl/N-ethyl adjacent to an activating group) is 1. The quantitative estimate of drug-likeness (QED) is 0.167. The third-order valence-electron chi connectivity index (χ3n) is 16.0. The van der Waals surface area contributed by atoms with E-state index in [4.69, 9.17) is 0 Å². The van der Waals surface area contributed by atoms with Gasteiger partial charge in [0, 0.05) is 23.9 Å². The molecule has 0 radical (unpaired) electrons. The highest BCUT2D eigenvalue weighted by atomic mass is 15.2. The van der Waals surface area contributed by atoms with Crippen LogP contribution >= 0.6 is 0 Å². The number of fused-ring (bicyclic) bond motifs is 1. The van der Waals surface area contributed by atoms with Crippen LogP contribution in [0.3, 0.4) is 0 Å². The van der Waals surface area contributed by atoms with Crippen molar-refractivity contribution in [1.82, 2.24) is 4.90 Å². The van der Waals surface area contributed by atoms with E-state index in [1.165, 1.54) is 10.9 Å². The van der Waals surface area contributed by atoms with Crippen LogP contribution in [0.2, 0.25) is 0 Å². The third-order valence-corrected chi connectivity index (χ3v) is 16.0. The molecule has 0 saturated carbocycles. The fourth-order valence-electron chi connectivity index (χ4n) is 15.2. The van der Waals surface area contributed by atoms with E-state index in [0.29, 0.717) is 12.0 Å². The Morgan fingerprint density at radius 1 is 0.531 bits per heavy atom. The maximum atomic E-state index is 2.86. The van der Waals surface area contributed by atoms with E-state index < -0.39 is 0 Å². The van der Waals surface area contributed by atoms with Crippen LogP contribution in [0.25, 0.3) is 113 Å². The highest BCUT2D eigenvalue weighted by Gasteiger charge is 2.60. The summed E-state index contributed by atoms with van der Waals surface area (Å²) in [6.45, 7) is 1.08. The van der Waals surface area contributed by atoms with E-state index in [2.05, 4.69) is 72.6 Å². The van der Waals surface area contributed by atoms with Gasteiger partial charge in [0.15, 0.2) is 0 Å². The summed E-state index contributed by atoms with van der Waals surface area (Å²) in [6.07, 6.45) is 6.11. The normalized spacial score (nSPS) is 24.6. The van der Waals surface area contributed by atoms with E-state index in [0.717, 1.165) is 25.8 Å². The molecule has 1 nitrogen and oxygen atoms in total. The minimum Gasteiger partial charge on any atom is -0.297 e. The summed E-state index contributed by atoms with van der Waals surface area (Å²) in [7, 11) is 2.42. The molecule has 18 rings (SSSR count). The smallest absolute Gasteiger partial charge is 0.0426 e. The highest BCUT2D eigenvalue weighted by Crippen LogP contribution is 2.73. The molecule has 3 unspecified atom stereocenters. The number of allylic oxidation sites excluding steroid dienone is 1. The van der Waals surface area contributed by atoms with Gasteiger partial charge in [-0.25, -0.2) is 0 Å². The lowest BCUT2D eigenvalue weighted by Crippen LogP contribution is -2.33. The molecule has 6 aliphatic rings. The molecule has 220 valence electrons. The second-order valence-corrected chi connectivity index (χ2v) is 17.5. The lowest BCUT2D eigenvalue weighted by atomic mass is 9.63. The molecule has 0 aromatic heterocycles. The summed E-state index contributed by atoms with van der Waals surface area (Å²) in [5.74, 6) is 0.388. The fraction of sp³-hybridized carbons (Fsp3) is 0.167. The van der Waals surface area contributed by atoms with Crippen LogP contribution in [0.4, 0.5) is 0 Å².